The fourth-order valence-electron chi connectivity index (χ4n) is 3.32. The molecular weight excluding hydrogens is 338 g/mol. The van der Waals surface area contributed by atoms with Gasteiger partial charge in [-0.25, -0.2) is 8.78 Å². The first-order valence-corrected chi connectivity index (χ1v) is 9.78. The first-order valence-electron chi connectivity index (χ1n) is 9.78. The van der Waals surface area contributed by atoms with Gasteiger partial charge in [0.1, 0.15) is 11.6 Å². The second-order valence-electron chi connectivity index (χ2n) is 7.09. The molecule has 27 heavy (non-hydrogen) atoms. The van der Waals surface area contributed by atoms with E-state index in [1.807, 2.05) is 48.5 Å². The Bertz CT molecular complexity index is 848. The van der Waals surface area contributed by atoms with Gasteiger partial charge in [0.2, 0.25) is 0 Å². The van der Waals surface area contributed by atoms with E-state index < -0.39 is 0 Å². The monoisotopic (exact) mass is 364 g/mol. The van der Waals surface area contributed by atoms with E-state index in [9.17, 15) is 8.78 Å². The van der Waals surface area contributed by atoms with E-state index in [1.165, 1.54) is 30.5 Å². The molecule has 0 saturated heterocycles. The molecule has 0 nitrogen and oxygen atoms in total. The maximum absolute atomic E-state index is 14.5. The molecule has 0 unspecified atom stereocenters. The largest absolute Gasteiger partial charge is 0.207 e. The van der Waals surface area contributed by atoms with Gasteiger partial charge in [-0.2, -0.15) is 0 Å². The van der Waals surface area contributed by atoms with Gasteiger partial charge in [0, 0.05) is 5.56 Å². The van der Waals surface area contributed by atoms with Gasteiger partial charge in [0.05, 0.1) is 0 Å². The summed E-state index contributed by atoms with van der Waals surface area (Å²) in [4.78, 5) is 0. The van der Waals surface area contributed by atoms with Gasteiger partial charge in [0.15, 0.2) is 0 Å². The second-order valence-corrected chi connectivity index (χ2v) is 7.09. The quantitative estimate of drug-likeness (QED) is 0.372. The van der Waals surface area contributed by atoms with Crippen LogP contribution in [0.25, 0.3) is 11.1 Å². The topological polar surface area (TPSA) is 0 Å². The second kappa shape index (κ2) is 9.45. The summed E-state index contributed by atoms with van der Waals surface area (Å²) in [6.07, 6.45) is 6.15. The molecule has 0 aliphatic carbocycles. The molecule has 3 rings (SSSR count). The van der Waals surface area contributed by atoms with E-state index in [4.69, 9.17) is 0 Å². The van der Waals surface area contributed by atoms with Crippen molar-refractivity contribution in [3.8, 4) is 11.1 Å². The first kappa shape index (κ1) is 19.3. The van der Waals surface area contributed by atoms with E-state index in [0.29, 0.717) is 5.56 Å². The smallest absolute Gasteiger partial charge is 0.131 e. The highest BCUT2D eigenvalue weighted by Crippen LogP contribution is 2.25. The van der Waals surface area contributed by atoms with E-state index in [0.717, 1.165) is 42.4 Å². The van der Waals surface area contributed by atoms with Crippen molar-refractivity contribution in [2.45, 2.75) is 45.4 Å². The van der Waals surface area contributed by atoms with Crippen LogP contribution in [-0.4, -0.2) is 0 Å². The summed E-state index contributed by atoms with van der Waals surface area (Å²) in [6, 6.07) is 20.3. The summed E-state index contributed by atoms with van der Waals surface area (Å²) in [6.45, 7) is 2.17. The van der Waals surface area contributed by atoms with Crippen molar-refractivity contribution in [1.82, 2.24) is 0 Å². The Morgan fingerprint density at radius 3 is 1.81 bits per heavy atom. The fraction of sp³-hybridized carbons (Fsp3) is 0.280. The van der Waals surface area contributed by atoms with Crippen LogP contribution in [0.4, 0.5) is 8.78 Å². The summed E-state index contributed by atoms with van der Waals surface area (Å²) in [5.74, 6) is -0.357. The van der Waals surface area contributed by atoms with E-state index >= 15 is 0 Å². The molecule has 0 atom stereocenters. The van der Waals surface area contributed by atoms with Crippen LogP contribution in [0.1, 0.15) is 42.9 Å². The van der Waals surface area contributed by atoms with Gasteiger partial charge in [-0.05, 0) is 66.1 Å². The number of halogens is 2. The zero-order valence-electron chi connectivity index (χ0n) is 15.8. The number of unbranched alkanes of at least 4 members (excludes halogenated alkanes) is 2. The standard InChI is InChI=1S/C25H26F2/c1-2-3-4-5-21-12-17-24(25(27)18-21)22-13-8-19(9-14-22)6-7-20-10-15-23(26)16-11-20/h8-18H,2-7H2,1H3. The van der Waals surface area contributed by atoms with E-state index in [1.54, 1.807) is 6.07 Å². The third-order valence-corrected chi connectivity index (χ3v) is 4.98. The van der Waals surface area contributed by atoms with E-state index in [-0.39, 0.29) is 11.6 Å². The highest BCUT2D eigenvalue weighted by molar-refractivity contribution is 5.64. The minimum Gasteiger partial charge on any atom is -0.207 e. The minimum absolute atomic E-state index is 0.150. The molecule has 3 aromatic carbocycles. The van der Waals surface area contributed by atoms with Crippen LogP contribution in [-0.2, 0) is 19.3 Å². The molecule has 0 aliphatic heterocycles. The van der Waals surface area contributed by atoms with Crippen molar-refractivity contribution in [3.05, 3.63) is 95.1 Å². The summed E-state index contributed by atoms with van der Waals surface area (Å²) in [5.41, 5.74) is 4.93. The normalized spacial score (nSPS) is 10.9. The van der Waals surface area contributed by atoms with Gasteiger partial charge in [-0.3, -0.25) is 0 Å². The van der Waals surface area contributed by atoms with Crippen molar-refractivity contribution < 1.29 is 8.78 Å². The Labute approximate surface area is 160 Å². The molecule has 0 heterocycles. The maximum Gasteiger partial charge on any atom is 0.131 e. The van der Waals surface area contributed by atoms with Crippen LogP contribution in [0.2, 0.25) is 0 Å². The predicted molar refractivity (Wildman–Crippen MR) is 109 cm³/mol. The average Bonchev–Trinajstić information content (AvgIpc) is 2.68. The summed E-state index contributed by atoms with van der Waals surface area (Å²) in [7, 11) is 0. The van der Waals surface area contributed by atoms with E-state index in [2.05, 4.69) is 6.92 Å². The lowest BCUT2D eigenvalue weighted by Gasteiger charge is -2.08. The van der Waals surface area contributed by atoms with Gasteiger partial charge < -0.3 is 0 Å². The summed E-state index contributed by atoms with van der Waals surface area (Å²) in [5, 5.41) is 0. The van der Waals surface area contributed by atoms with Crippen molar-refractivity contribution >= 4 is 0 Å². The fourth-order valence-corrected chi connectivity index (χ4v) is 3.32. The van der Waals surface area contributed by atoms with Gasteiger partial charge in [-0.1, -0.05) is 68.3 Å². The number of aryl methyl sites for hydroxylation is 3. The Kier molecular flexibility index (Phi) is 6.75. The van der Waals surface area contributed by atoms with Crippen LogP contribution >= 0.6 is 0 Å². The molecule has 2 heteroatoms. The molecule has 0 spiro atoms. The minimum atomic E-state index is -0.207. The average molecular weight is 364 g/mol. The molecule has 0 N–H and O–H groups in total. The van der Waals surface area contributed by atoms with Crippen LogP contribution in [0.15, 0.2) is 66.7 Å². The molecule has 0 aliphatic rings. The van der Waals surface area contributed by atoms with Crippen LogP contribution in [0.5, 0.6) is 0 Å². The van der Waals surface area contributed by atoms with Gasteiger partial charge in [-0.15, -0.1) is 0 Å². The Balaban J connectivity index is 1.63. The number of benzene rings is 3. The molecule has 0 aromatic heterocycles. The Hall–Kier alpha value is -2.48. The van der Waals surface area contributed by atoms with Crippen LogP contribution in [0, 0.1) is 11.6 Å². The number of hydrogen-bond donors (Lipinski definition) is 0. The van der Waals surface area contributed by atoms with Crippen molar-refractivity contribution in [3.63, 3.8) is 0 Å². The lowest BCUT2D eigenvalue weighted by atomic mass is 9.98. The van der Waals surface area contributed by atoms with Crippen molar-refractivity contribution in [1.29, 1.82) is 0 Å². The SMILES string of the molecule is CCCCCc1ccc(-c2ccc(CCc3ccc(F)cc3)cc2)c(F)c1. The molecule has 0 radical (unpaired) electrons. The summed E-state index contributed by atoms with van der Waals surface area (Å²) < 4.78 is 27.5. The van der Waals surface area contributed by atoms with Gasteiger partial charge in [0.25, 0.3) is 0 Å². The maximum atomic E-state index is 14.5. The molecular formula is C25H26F2. The molecule has 0 saturated carbocycles. The highest BCUT2D eigenvalue weighted by Gasteiger charge is 2.07. The first-order chi connectivity index (χ1) is 13.2. The molecule has 140 valence electrons. The number of hydrogen-bond acceptors (Lipinski definition) is 0. The zero-order valence-corrected chi connectivity index (χ0v) is 15.8. The lowest BCUT2D eigenvalue weighted by molar-refractivity contribution is 0.626. The Morgan fingerprint density at radius 1 is 0.630 bits per heavy atom. The molecule has 0 amide bonds. The third-order valence-electron chi connectivity index (χ3n) is 4.98. The number of rotatable bonds is 8. The third kappa shape index (κ3) is 5.50. The van der Waals surface area contributed by atoms with Crippen LogP contribution in [0.3, 0.4) is 0 Å². The molecule has 3 aromatic rings. The molecule has 0 bridgehead atoms. The van der Waals surface area contributed by atoms with Crippen molar-refractivity contribution in [2.24, 2.45) is 0 Å². The predicted octanol–water partition coefficient (Wildman–Crippen LogP) is 7.15. The van der Waals surface area contributed by atoms with Crippen LogP contribution < -0.4 is 0 Å². The summed E-state index contributed by atoms with van der Waals surface area (Å²) >= 11 is 0. The lowest BCUT2D eigenvalue weighted by Crippen LogP contribution is -1.93. The zero-order chi connectivity index (χ0) is 19.1. The Morgan fingerprint density at radius 2 is 1.22 bits per heavy atom. The van der Waals surface area contributed by atoms with Gasteiger partial charge >= 0.3 is 0 Å². The van der Waals surface area contributed by atoms with Crippen molar-refractivity contribution in [2.75, 3.05) is 0 Å². The molecule has 0 fully saturated rings. The highest BCUT2D eigenvalue weighted by atomic mass is 19.1.